The maximum Gasteiger partial charge on any atom is 0.207 e. The van der Waals surface area contributed by atoms with E-state index in [0.717, 1.165) is 63.3 Å². The van der Waals surface area contributed by atoms with Crippen LogP contribution in [0.3, 0.4) is 0 Å². The van der Waals surface area contributed by atoms with Gasteiger partial charge in [-0.1, -0.05) is 78.7 Å². The minimum absolute atomic E-state index is 0.0870. The number of nitrogens with zero attached hydrogens (tertiary/aromatic N) is 2. The van der Waals surface area contributed by atoms with Gasteiger partial charge in [-0.15, -0.1) is 0 Å². The highest BCUT2D eigenvalue weighted by Crippen LogP contribution is 2.33. The molecule has 7 nitrogen and oxygen atoms in total. The molecule has 222 valence electrons. The fraction of sp³-hybridized carbons (Fsp3) is 0.387. The Hall–Kier alpha value is -2.46. The third kappa shape index (κ3) is 11.4. The van der Waals surface area contributed by atoms with E-state index in [1.165, 1.54) is 5.56 Å². The van der Waals surface area contributed by atoms with E-state index >= 15 is 0 Å². The molecule has 2 aliphatic rings. The van der Waals surface area contributed by atoms with Gasteiger partial charge < -0.3 is 15.0 Å². The van der Waals surface area contributed by atoms with Crippen molar-refractivity contribution < 1.29 is 13.7 Å². The number of benzene rings is 3. The van der Waals surface area contributed by atoms with E-state index in [1.807, 2.05) is 43.3 Å². The van der Waals surface area contributed by atoms with Gasteiger partial charge >= 0.3 is 0 Å². The monoisotopic (exact) mass is 618 g/mol. The van der Waals surface area contributed by atoms with E-state index in [2.05, 4.69) is 45.1 Å². The van der Waals surface area contributed by atoms with Crippen LogP contribution >= 0.6 is 23.2 Å². The number of fused-ring (bicyclic) bond motifs is 1. The Kier molecular flexibility index (Phi) is 14.6. The number of rotatable bonds is 8. The lowest BCUT2D eigenvalue weighted by molar-refractivity contribution is -0.110. The summed E-state index contributed by atoms with van der Waals surface area (Å²) in [5.41, 5.74) is 2.38. The highest BCUT2D eigenvalue weighted by molar-refractivity contribution is 7.83. The van der Waals surface area contributed by atoms with Crippen molar-refractivity contribution in [3.8, 4) is 5.75 Å². The number of halogens is 2. The number of piperazine rings is 1. The zero-order valence-corrected chi connectivity index (χ0v) is 26.1. The molecule has 1 saturated heterocycles. The van der Waals surface area contributed by atoms with Crippen LogP contribution in [0.5, 0.6) is 5.75 Å². The van der Waals surface area contributed by atoms with Crippen molar-refractivity contribution in [2.24, 2.45) is 0 Å². The van der Waals surface area contributed by atoms with Crippen molar-refractivity contribution in [3.05, 3.63) is 94.0 Å². The van der Waals surface area contributed by atoms with Gasteiger partial charge in [0.15, 0.2) is 0 Å². The second kappa shape index (κ2) is 18.2. The van der Waals surface area contributed by atoms with Crippen LogP contribution in [0.15, 0.2) is 77.7 Å². The highest BCUT2D eigenvalue weighted by atomic mass is 35.5. The van der Waals surface area contributed by atoms with Crippen LogP contribution in [0.1, 0.15) is 36.9 Å². The lowest BCUT2D eigenvalue weighted by atomic mass is 9.99. The highest BCUT2D eigenvalue weighted by Gasteiger charge is 2.22. The number of amides is 1. The van der Waals surface area contributed by atoms with E-state index in [9.17, 15) is 9.00 Å². The van der Waals surface area contributed by atoms with Gasteiger partial charge in [0, 0.05) is 51.3 Å². The Morgan fingerprint density at radius 2 is 1.66 bits per heavy atom. The molecule has 2 unspecified atom stereocenters. The average Bonchev–Trinajstić information content (AvgIpc) is 3.00. The molecule has 2 aliphatic heterocycles. The molecule has 0 saturated carbocycles. The average molecular weight is 620 g/mol. The van der Waals surface area contributed by atoms with E-state index in [4.69, 9.17) is 27.9 Å². The normalized spacial score (nSPS) is 17.4. The quantitative estimate of drug-likeness (QED) is 0.317. The maximum atomic E-state index is 11.6. The first-order valence-electron chi connectivity index (χ1n) is 13.9. The molecule has 0 bridgehead atoms. The van der Waals surface area contributed by atoms with Crippen molar-refractivity contribution in [2.45, 2.75) is 37.2 Å². The van der Waals surface area contributed by atoms with Crippen LogP contribution in [0, 0.1) is 0 Å². The molecule has 1 amide bonds. The predicted octanol–water partition coefficient (Wildman–Crippen LogP) is 5.71. The standard InChI is InChI=1S/C16H23N3O2.C9H11Cl2NOS.C6H6/c1-18-5-7-19(8-6-18)11-13-2-3-14-15(17-12-20)4-9-21-16(14)10-13;1-2-5-12-14(13)7-3-4-8(10)9(11)6-7;1-2-4-6-5-3-1/h2-3,10,12,15H,4-9,11H2,1H3,(H,17,20);3-4,6,12H,2,5H2,1H3;1-6H. The minimum atomic E-state index is -1.19. The largest absolute Gasteiger partial charge is 0.493 e. The van der Waals surface area contributed by atoms with Gasteiger partial charge in [0.2, 0.25) is 6.41 Å². The number of nitrogens with one attached hydrogen (secondary N) is 2. The third-order valence-corrected chi connectivity index (χ3v) is 8.53. The molecule has 1 fully saturated rings. The summed E-state index contributed by atoms with van der Waals surface area (Å²) in [6.45, 7) is 8.85. The van der Waals surface area contributed by atoms with Gasteiger partial charge in [0.1, 0.15) is 16.7 Å². The summed E-state index contributed by atoms with van der Waals surface area (Å²) in [5.74, 6) is 0.923. The molecular formula is C31H40Cl2N4O3S. The summed E-state index contributed by atoms with van der Waals surface area (Å²) in [7, 11) is 0.976. The van der Waals surface area contributed by atoms with Crippen molar-refractivity contribution in [1.29, 1.82) is 0 Å². The van der Waals surface area contributed by atoms with E-state index < -0.39 is 11.0 Å². The summed E-state index contributed by atoms with van der Waals surface area (Å²) in [6.07, 6.45) is 2.55. The molecule has 0 radical (unpaired) electrons. The molecule has 10 heteroatoms. The molecule has 2 atom stereocenters. The first-order valence-corrected chi connectivity index (χ1v) is 15.8. The van der Waals surface area contributed by atoms with Gasteiger partial charge in [-0.25, -0.2) is 8.93 Å². The fourth-order valence-electron chi connectivity index (χ4n) is 4.31. The van der Waals surface area contributed by atoms with E-state index in [-0.39, 0.29) is 6.04 Å². The number of carbonyl (C=O) groups is 1. The fourth-order valence-corrected chi connectivity index (χ4v) is 5.64. The third-order valence-electron chi connectivity index (χ3n) is 6.64. The molecular weight excluding hydrogens is 579 g/mol. The van der Waals surface area contributed by atoms with Crippen LogP contribution in [0.4, 0.5) is 0 Å². The second-order valence-corrected chi connectivity index (χ2v) is 11.9. The van der Waals surface area contributed by atoms with Crippen LogP contribution in [-0.4, -0.2) is 66.8 Å². The molecule has 41 heavy (non-hydrogen) atoms. The summed E-state index contributed by atoms with van der Waals surface area (Å²) in [5, 5.41) is 3.77. The Labute approximate surface area is 256 Å². The Balaban J connectivity index is 0.000000198. The maximum absolute atomic E-state index is 11.6. The molecule has 3 aromatic carbocycles. The Morgan fingerprint density at radius 1 is 0.976 bits per heavy atom. The molecule has 5 rings (SSSR count). The lowest BCUT2D eigenvalue weighted by Crippen LogP contribution is -2.43. The second-order valence-electron chi connectivity index (χ2n) is 9.82. The summed E-state index contributed by atoms with van der Waals surface area (Å²) < 4.78 is 20.2. The van der Waals surface area contributed by atoms with Crippen molar-refractivity contribution in [1.82, 2.24) is 19.8 Å². The van der Waals surface area contributed by atoms with Gasteiger partial charge in [0.25, 0.3) is 0 Å². The summed E-state index contributed by atoms with van der Waals surface area (Å²) in [4.78, 5) is 16.2. The molecule has 3 aromatic rings. The smallest absolute Gasteiger partial charge is 0.207 e. The van der Waals surface area contributed by atoms with Crippen LogP contribution in [0.25, 0.3) is 0 Å². The van der Waals surface area contributed by atoms with Crippen molar-refractivity contribution in [3.63, 3.8) is 0 Å². The zero-order valence-electron chi connectivity index (χ0n) is 23.7. The van der Waals surface area contributed by atoms with E-state index in [1.54, 1.807) is 18.2 Å². The molecule has 0 aromatic heterocycles. The van der Waals surface area contributed by atoms with Crippen LogP contribution < -0.4 is 14.8 Å². The van der Waals surface area contributed by atoms with Gasteiger partial charge in [-0.2, -0.15) is 0 Å². The van der Waals surface area contributed by atoms with Gasteiger partial charge in [-0.05, 0) is 43.3 Å². The number of carbonyl (C=O) groups excluding carboxylic acids is 1. The first kappa shape index (κ1) is 33.0. The Morgan fingerprint density at radius 3 is 2.27 bits per heavy atom. The van der Waals surface area contributed by atoms with Gasteiger partial charge in [-0.3, -0.25) is 9.69 Å². The van der Waals surface area contributed by atoms with Crippen LogP contribution in [0.2, 0.25) is 10.0 Å². The van der Waals surface area contributed by atoms with Crippen LogP contribution in [-0.2, 0) is 22.3 Å². The zero-order chi connectivity index (χ0) is 29.5. The summed E-state index contributed by atoms with van der Waals surface area (Å²) in [6, 6.07) is 23.4. The molecule has 2 N–H and O–H groups in total. The first-order chi connectivity index (χ1) is 19.9. The minimum Gasteiger partial charge on any atom is -0.493 e. The number of ether oxygens (including phenoxy) is 1. The molecule has 0 spiro atoms. The number of hydrogen-bond donors (Lipinski definition) is 2. The van der Waals surface area contributed by atoms with Gasteiger partial charge in [0.05, 0.1) is 27.6 Å². The van der Waals surface area contributed by atoms with Crippen molar-refractivity contribution >= 4 is 40.6 Å². The predicted molar refractivity (Wildman–Crippen MR) is 169 cm³/mol. The lowest BCUT2D eigenvalue weighted by Gasteiger charge is -2.32. The SMILES string of the molecule is CCCNS(=O)c1ccc(Cl)c(Cl)c1.CN1CCN(Cc2ccc3c(c2)OCCC3NC=O)CC1.c1ccccc1. The topological polar surface area (TPSA) is 73.9 Å². The summed E-state index contributed by atoms with van der Waals surface area (Å²) >= 11 is 11.5. The molecule has 0 aliphatic carbocycles. The van der Waals surface area contributed by atoms with E-state index in [0.29, 0.717) is 28.1 Å². The number of likely N-dealkylation sites (N-methyl/N-ethyl adjacent to an activating group) is 1. The molecule has 2 heterocycles. The Bertz CT molecular complexity index is 1200. The van der Waals surface area contributed by atoms with Crippen molar-refractivity contribution in [2.75, 3.05) is 46.4 Å². The number of hydrogen-bond acceptors (Lipinski definition) is 5.